The Bertz CT molecular complexity index is 1170. The largest absolute Gasteiger partial charge is 0.484 e. The Morgan fingerprint density at radius 2 is 1.61 bits per heavy atom. The van der Waals surface area contributed by atoms with Crippen LogP contribution in [0.4, 0.5) is 5.69 Å². The van der Waals surface area contributed by atoms with Crippen LogP contribution in [0.15, 0.2) is 71.6 Å². The molecule has 3 aromatic rings. The lowest BCUT2D eigenvalue weighted by atomic mass is 10.1. The summed E-state index contributed by atoms with van der Waals surface area (Å²) < 4.78 is 33.3. The number of hydrogen-bond donors (Lipinski definition) is 0. The highest BCUT2D eigenvalue weighted by molar-refractivity contribution is 7.93. The molecule has 0 aromatic heterocycles. The predicted octanol–water partition coefficient (Wildman–Crippen LogP) is 5.32. The summed E-state index contributed by atoms with van der Waals surface area (Å²) in [6.45, 7) is 5.22. The van der Waals surface area contributed by atoms with Crippen molar-refractivity contribution in [2.45, 2.75) is 32.1 Å². The van der Waals surface area contributed by atoms with Crippen LogP contribution in [0.5, 0.6) is 5.75 Å². The van der Waals surface area contributed by atoms with E-state index in [0.717, 1.165) is 21.9 Å². The van der Waals surface area contributed by atoms with Gasteiger partial charge in [0, 0.05) is 5.02 Å². The van der Waals surface area contributed by atoms with Crippen molar-refractivity contribution in [3.63, 3.8) is 0 Å². The lowest BCUT2D eigenvalue weighted by Crippen LogP contribution is -2.40. The fourth-order valence-electron chi connectivity index (χ4n) is 3.07. The average Bonchev–Trinajstić information content (AvgIpc) is 2.75. The molecule has 162 valence electrons. The lowest BCUT2D eigenvalue weighted by Gasteiger charge is -2.24. The first kappa shape index (κ1) is 22.8. The van der Waals surface area contributed by atoms with Crippen molar-refractivity contribution in [1.29, 1.82) is 0 Å². The summed E-state index contributed by atoms with van der Waals surface area (Å²) in [7, 11) is -4.18. The molecule has 3 rings (SSSR count). The molecular formula is C24H24ClNO4S. The Labute approximate surface area is 188 Å². The number of carbonyl (C=O) groups excluding carboxylic acids is 1. The molecule has 5 nitrogen and oxygen atoms in total. The smallest absolute Gasteiger partial charge is 0.278 e. The van der Waals surface area contributed by atoms with E-state index in [-0.39, 0.29) is 4.90 Å². The third-order valence-corrected chi connectivity index (χ3v) is 6.86. The van der Waals surface area contributed by atoms with E-state index < -0.39 is 22.5 Å². The molecule has 1 amide bonds. The first-order valence-electron chi connectivity index (χ1n) is 9.85. The normalized spacial score (nSPS) is 11.2. The van der Waals surface area contributed by atoms with Crippen molar-refractivity contribution in [2.24, 2.45) is 0 Å². The lowest BCUT2D eigenvalue weighted by molar-refractivity contribution is -0.119. The topological polar surface area (TPSA) is 63.7 Å². The third-order valence-electron chi connectivity index (χ3n) is 4.86. The minimum absolute atomic E-state index is 0.0292. The maximum absolute atomic E-state index is 13.5. The highest BCUT2D eigenvalue weighted by atomic mass is 35.5. The second-order valence-corrected chi connectivity index (χ2v) is 9.42. The maximum atomic E-state index is 13.5. The van der Waals surface area contributed by atoms with Gasteiger partial charge in [0.2, 0.25) is 0 Å². The fourth-order valence-corrected chi connectivity index (χ4v) is 4.67. The molecular weight excluding hydrogens is 434 g/mol. The molecule has 3 aromatic carbocycles. The van der Waals surface area contributed by atoms with Gasteiger partial charge in [0.15, 0.2) is 6.61 Å². The third kappa shape index (κ3) is 5.27. The molecule has 0 aliphatic carbocycles. The zero-order valence-corrected chi connectivity index (χ0v) is 19.2. The van der Waals surface area contributed by atoms with Gasteiger partial charge < -0.3 is 4.74 Å². The fraction of sp³-hybridized carbons (Fsp3) is 0.208. The molecule has 7 heteroatoms. The molecule has 0 unspecified atom stereocenters. The van der Waals surface area contributed by atoms with Gasteiger partial charge in [0.1, 0.15) is 5.75 Å². The van der Waals surface area contributed by atoms with Gasteiger partial charge in [0.25, 0.3) is 15.9 Å². The van der Waals surface area contributed by atoms with Crippen LogP contribution in [0.1, 0.15) is 23.6 Å². The van der Waals surface area contributed by atoms with Crippen LogP contribution in [0.3, 0.4) is 0 Å². The molecule has 0 aliphatic heterocycles. The molecule has 31 heavy (non-hydrogen) atoms. The quantitative estimate of drug-likeness (QED) is 0.481. The Morgan fingerprint density at radius 3 is 2.23 bits per heavy atom. The minimum atomic E-state index is -4.18. The number of hydrogen-bond acceptors (Lipinski definition) is 4. The number of amides is 1. The standard InChI is InChI=1S/C24H24ClNO4S/c1-4-19-7-11-21(12-8-19)30-16-24(27)26(23-15-17(2)5-6-18(23)3)31(28,29)22-13-9-20(25)10-14-22/h5-15H,4,16H2,1-3H3. The van der Waals surface area contributed by atoms with Gasteiger partial charge >= 0.3 is 0 Å². The zero-order chi connectivity index (χ0) is 22.6. The molecule has 0 heterocycles. The summed E-state index contributed by atoms with van der Waals surface area (Å²) in [5.74, 6) is -0.196. The molecule has 0 saturated carbocycles. The Hall–Kier alpha value is -2.83. The van der Waals surface area contributed by atoms with Crippen LogP contribution in [-0.4, -0.2) is 20.9 Å². The summed E-state index contributed by atoms with van der Waals surface area (Å²) in [6.07, 6.45) is 0.888. The number of sulfonamides is 1. The number of nitrogens with zero attached hydrogens (tertiary/aromatic N) is 1. The summed E-state index contributed by atoms with van der Waals surface area (Å²) in [4.78, 5) is 13.2. The van der Waals surface area contributed by atoms with Crippen molar-refractivity contribution in [3.8, 4) is 5.75 Å². The zero-order valence-electron chi connectivity index (χ0n) is 17.6. The van der Waals surface area contributed by atoms with E-state index in [1.807, 2.05) is 32.0 Å². The van der Waals surface area contributed by atoms with Crippen molar-refractivity contribution in [1.82, 2.24) is 0 Å². The summed E-state index contributed by atoms with van der Waals surface area (Å²) >= 11 is 5.91. The SMILES string of the molecule is CCc1ccc(OCC(=O)N(c2cc(C)ccc2C)S(=O)(=O)c2ccc(Cl)cc2)cc1. The molecule has 0 saturated heterocycles. The summed E-state index contributed by atoms with van der Waals surface area (Å²) in [5, 5.41) is 0.405. The number of halogens is 1. The first-order valence-corrected chi connectivity index (χ1v) is 11.7. The van der Waals surface area contributed by atoms with E-state index in [9.17, 15) is 13.2 Å². The van der Waals surface area contributed by atoms with E-state index in [1.165, 1.54) is 24.3 Å². The summed E-state index contributed by atoms with van der Waals surface area (Å²) in [6, 6.07) is 18.4. The van der Waals surface area contributed by atoms with Gasteiger partial charge in [-0.25, -0.2) is 8.42 Å². The van der Waals surface area contributed by atoms with Crippen molar-refractivity contribution in [3.05, 3.63) is 88.4 Å². The Balaban J connectivity index is 1.97. The molecule has 0 aliphatic rings. The molecule has 0 radical (unpaired) electrons. The van der Waals surface area contributed by atoms with Crippen LogP contribution < -0.4 is 9.04 Å². The van der Waals surface area contributed by atoms with E-state index in [4.69, 9.17) is 16.3 Å². The predicted molar refractivity (Wildman–Crippen MR) is 123 cm³/mol. The van der Waals surface area contributed by atoms with Gasteiger partial charge in [-0.05, 0) is 79.4 Å². The van der Waals surface area contributed by atoms with Crippen molar-refractivity contribution < 1.29 is 17.9 Å². The second kappa shape index (κ2) is 9.54. The van der Waals surface area contributed by atoms with Gasteiger partial charge in [-0.1, -0.05) is 42.8 Å². The van der Waals surface area contributed by atoms with Crippen molar-refractivity contribution >= 4 is 33.2 Å². The van der Waals surface area contributed by atoms with E-state index >= 15 is 0 Å². The number of ether oxygens (including phenoxy) is 1. The summed E-state index contributed by atoms with van der Waals surface area (Å²) in [5.41, 5.74) is 2.93. The molecule has 0 spiro atoms. The van der Waals surface area contributed by atoms with Gasteiger partial charge in [-0.3, -0.25) is 4.79 Å². The first-order chi connectivity index (χ1) is 14.7. The van der Waals surface area contributed by atoms with Gasteiger partial charge in [-0.2, -0.15) is 4.31 Å². The Morgan fingerprint density at radius 1 is 0.968 bits per heavy atom. The van der Waals surface area contributed by atoms with Gasteiger partial charge in [0.05, 0.1) is 10.6 Å². The Kier molecular flexibility index (Phi) is 7.03. The van der Waals surface area contributed by atoms with E-state index in [0.29, 0.717) is 22.0 Å². The second-order valence-electron chi connectivity index (χ2n) is 7.19. The van der Waals surface area contributed by atoms with Crippen LogP contribution in [0.2, 0.25) is 5.02 Å². The van der Waals surface area contributed by atoms with Crippen LogP contribution in [0, 0.1) is 13.8 Å². The average molecular weight is 458 g/mol. The highest BCUT2D eigenvalue weighted by Gasteiger charge is 2.32. The number of carbonyl (C=O) groups is 1. The van der Waals surface area contributed by atoms with Crippen molar-refractivity contribution in [2.75, 3.05) is 10.9 Å². The van der Waals surface area contributed by atoms with E-state index in [1.54, 1.807) is 31.2 Å². The molecule has 0 bridgehead atoms. The van der Waals surface area contributed by atoms with Crippen LogP contribution in [-0.2, 0) is 21.2 Å². The minimum Gasteiger partial charge on any atom is -0.484 e. The number of rotatable bonds is 7. The molecule has 0 fully saturated rings. The molecule has 0 N–H and O–H groups in total. The van der Waals surface area contributed by atoms with E-state index in [2.05, 4.69) is 0 Å². The number of benzene rings is 3. The monoisotopic (exact) mass is 457 g/mol. The molecule has 0 atom stereocenters. The highest BCUT2D eigenvalue weighted by Crippen LogP contribution is 2.29. The maximum Gasteiger partial charge on any atom is 0.278 e. The van der Waals surface area contributed by atoms with Gasteiger partial charge in [-0.15, -0.1) is 0 Å². The number of anilines is 1. The van der Waals surface area contributed by atoms with Crippen LogP contribution in [0.25, 0.3) is 0 Å². The van der Waals surface area contributed by atoms with Crippen LogP contribution >= 0.6 is 11.6 Å². The number of aryl methyl sites for hydroxylation is 3.